The van der Waals surface area contributed by atoms with Gasteiger partial charge in [-0.1, -0.05) is 33.6 Å². The molecule has 0 saturated heterocycles. The summed E-state index contributed by atoms with van der Waals surface area (Å²) in [5.41, 5.74) is 0. The molecule has 0 aromatic heterocycles. The lowest BCUT2D eigenvalue weighted by atomic mass is 10.1. The number of rotatable bonds is 4. The van der Waals surface area contributed by atoms with Gasteiger partial charge in [0.2, 0.25) is 0 Å². The SMILES string of the molecule is CCCCC(C)(C)[Si](O)(O)O. The zero-order valence-electron chi connectivity index (χ0n) is 7.46. The van der Waals surface area contributed by atoms with E-state index < -0.39 is 13.8 Å². The Kier molecular flexibility index (Phi) is 3.70. The summed E-state index contributed by atoms with van der Waals surface area (Å²) < 4.78 is 0. The monoisotopic (exact) mass is 178 g/mol. The maximum atomic E-state index is 9.02. The molecular weight excluding hydrogens is 160 g/mol. The Morgan fingerprint density at radius 1 is 1.18 bits per heavy atom. The van der Waals surface area contributed by atoms with Gasteiger partial charge in [-0.3, -0.25) is 0 Å². The van der Waals surface area contributed by atoms with Crippen LogP contribution in [0, 0.1) is 0 Å². The van der Waals surface area contributed by atoms with E-state index in [0.717, 1.165) is 12.8 Å². The van der Waals surface area contributed by atoms with Crippen LogP contribution in [0.5, 0.6) is 0 Å². The largest absolute Gasteiger partial charge is 0.498 e. The van der Waals surface area contributed by atoms with E-state index in [1.54, 1.807) is 13.8 Å². The summed E-state index contributed by atoms with van der Waals surface area (Å²) in [5, 5.41) is -0.705. The van der Waals surface area contributed by atoms with Crippen LogP contribution in [0.15, 0.2) is 0 Å². The molecule has 0 radical (unpaired) electrons. The standard InChI is InChI=1S/C7H18O3Si/c1-4-5-6-7(2,3)11(8,9)10/h8-10H,4-6H2,1-3H3. The molecule has 68 valence electrons. The number of unbranched alkanes of at least 4 members (excludes halogenated alkanes) is 1. The highest BCUT2D eigenvalue weighted by molar-refractivity contribution is 6.59. The Balaban J connectivity index is 4.00. The van der Waals surface area contributed by atoms with Crippen molar-refractivity contribution >= 4 is 8.80 Å². The fourth-order valence-electron chi connectivity index (χ4n) is 0.786. The smallest absolute Gasteiger partial charge is 0.390 e. The summed E-state index contributed by atoms with van der Waals surface area (Å²) in [7, 11) is -3.92. The van der Waals surface area contributed by atoms with Crippen molar-refractivity contribution in [1.82, 2.24) is 0 Å². The van der Waals surface area contributed by atoms with Crippen LogP contribution in [0.3, 0.4) is 0 Å². The van der Waals surface area contributed by atoms with E-state index in [0.29, 0.717) is 6.42 Å². The fourth-order valence-corrected chi connectivity index (χ4v) is 1.30. The topological polar surface area (TPSA) is 60.7 Å². The Labute approximate surface area is 69.1 Å². The normalized spacial score (nSPS) is 13.6. The second-order valence-electron chi connectivity index (χ2n) is 3.62. The van der Waals surface area contributed by atoms with Gasteiger partial charge in [-0.05, 0) is 6.42 Å². The highest BCUT2D eigenvalue weighted by Crippen LogP contribution is 2.36. The third kappa shape index (κ3) is 3.33. The van der Waals surface area contributed by atoms with Crippen molar-refractivity contribution in [1.29, 1.82) is 0 Å². The molecule has 0 aliphatic rings. The van der Waals surface area contributed by atoms with E-state index in [9.17, 15) is 0 Å². The third-order valence-corrected chi connectivity index (χ3v) is 4.13. The summed E-state index contributed by atoms with van der Waals surface area (Å²) in [4.78, 5) is 27.1. The van der Waals surface area contributed by atoms with Crippen molar-refractivity contribution in [3.8, 4) is 0 Å². The van der Waals surface area contributed by atoms with Crippen molar-refractivity contribution in [2.24, 2.45) is 0 Å². The lowest BCUT2D eigenvalue weighted by molar-refractivity contribution is 0.181. The average Bonchev–Trinajstić information content (AvgIpc) is 1.81. The highest BCUT2D eigenvalue weighted by Gasteiger charge is 2.45. The van der Waals surface area contributed by atoms with Crippen LogP contribution in [-0.2, 0) is 0 Å². The lowest BCUT2D eigenvalue weighted by Crippen LogP contribution is -2.46. The molecule has 0 saturated carbocycles. The van der Waals surface area contributed by atoms with Gasteiger partial charge in [0.1, 0.15) is 0 Å². The molecule has 11 heavy (non-hydrogen) atoms. The fraction of sp³-hybridized carbons (Fsp3) is 1.00. The third-order valence-electron chi connectivity index (χ3n) is 2.06. The van der Waals surface area contributed by atoms with E-state index in [-0.39, 0.29) is 0 Å². The van der Waals surface area contributed by atoms with Gasteiger partial charge in [0.15, 0.2) is 0 Å². The zero-order valence-corrected chi connectivity index (χ0v) is 8.46. The van der Waals surface area contributed by atoms with E-state index >= 15 is 0 Å². The summed E-state index contributed by atoms with van der Waals surface area (Å²) >= 11 is 0. The van der Waals surface area contributed by atoms with E-state index in [1.165, 1.54) is 0 Å². The lowest BCUT2D eigenvalue weighted by Gasteiger charge is -2.29. The molecule has 0 amide bonds. The van der Waals surface area contributed by atoms with E-state index in [4.69, 9.17) is 14.4 Å². The maximum absolute atomic E-state index is 9.02. The molecule has 0 aromatic carbocycles. The summed E-state index contributed by atoms with van der Waals surface area (Å²) in [6, 6.07) is 0. The summed E-state index contributed by atoms with van der Waals surface area (Å²) in [5.74, 6) is 0. The first-order chi connectivity index (χ1) is 4.81. The molecule has 3 N–H and O–H groups in total. The molecule has 4 heteroatoms. The number of hydrogen-bond acceptors (Lipinski definition) is 3. The minimum atomic E-state index is -3.92. The molecule has 0 atom stereocenters. The van der Waals surface area contributed by atoms with Crippen LogP contribution in [0.25, 0.3) is 0 Å². The Morgan fingerprint density at radius 2 is 1.64 bits per heavy atom. The molecule has 0 spiro atoms. The molecule has 0 bridgehead atoms. The first-order valence-corrected chi connectivity index (χ1v) is 5.82. The highest BCUT2D eigenvalue weighted by atomic mass is 28.4. The van der Waals surface area contributed by atoms with Gasteiger partial charge in [-0.25, -0.2) is 0 Å². The first-order valence-electron chi connectivity index (χ1n) is 3.98. The van der Waals surface area contributed by atoms with Gasteiger partial charge >= 0.3 is 8.80 Å². The van der Waals surface area contributed by atoms with Crippen LogP contribution in [0.1, 0.15) is 40.0 Å². The van der Waals surface area contributed by atoms with Gasteiger partial charge < -0.3 is 14.4 Å². The zero-order chi connectivity index (χ0) is 9.12. The second kappa shape index (κ2) is 3.67. The molecule has 0 aliphatic carbocycles. The first kappa shape index (κ1) is 11.1. The average molecular weight is 178 g/mol. The number of hydrogen-bond donors (Lipinski definition) is 3. The van der Waals surface area contributed by atoms with Crippen molar-refractivity contribution in [2.75, 3.05) is 0 Å². The van der Waals surface area contributed by atoms with Crippen LogP contribution >= 0.6 is 0 Å². The molecule has 0 aliphatic heterocycles. The van der Waals surface area contributed by atoms with Crippen LogP contribution in [-0.4, -0.2) is 23.2 Å². The summed E-state index contributed by atoms with van der Waals surface area (Å²) in [6.07, 6.45) is 2.59. The molecule has 0 unspecified atom stereocenters. The molecular formula is C7H18O3Si. The maximum Gasteiger partial charge on any atom is 0.498 e. The second-order valence-corrected chi connectivity index (χ2v) is 6.25. The van der Waals surface area contributed by atoms with Gasteiger partial charge in [-0.2, -0.15) is 0 Å². The predicted octanol–water partition coefficient (Wildman–Crippen LogP) is 0.873. The van der Waals surface area contributed by atoms with Gasteiger partial charge in [0.05, 0.1) is 0 Å². The van der Waals surface area contributed by atoms with Crippen LogP contribution in [0.4, 0.5) is 0 Å². The quantitative estimate of drug-likeness (QED) is 0.560. The molecule has 0 rings (SSSR count). The Hall–Kier alpha value is 0.0969. The summed E-state index contributed by atoms with van der Waals surface area (Å²) in [6.45, 7) is 5.41. The minimum Gasteiger partial charge on any atom is -0.390 e. The Bertz CT molecular complexity index is 117. The molecule has 3 nitrogen and oxygen atoms in total. The van der Waals surface area contributed by atoms with Crippen molar-refractivity contribution < 1.29 is 14.4 Å². The molecule has 0 heterocycles. The van der Waals surface area contributed by atoms with Gasteiger partial charge in [0.25, 0.3) is 0 Å². The van der Waals surface area contributed by atoms with E-state index in [2.05, 4.69) is 0 Å². The molecule has 0 aromatic rings. The van der Waals surface area contributed by atoms with Gasteiger partial charge in [0, 0.05) is 5.04 Å². The van der Waals surface area contributed by atoms with Crippen LogP contribution in [0.2, 0.25) is 5.04 Å². The van der Waals surface area contributed by atoms with Gasteiger partial charge in [-0.15, -0.1) is 0 Å². The predicted molar refractivity (Wildman–Crippen MR) is 46.0 cm³/mol. The van der Waals surface area contributed by atoms with Crippen molar-refractivity contribution in [2.45, 2.75) is 45.1 Å². The van der Waals surface area contributed by atoms with Crippen molar-refractivity contribution in [3.63, 3.8) is 0 Å². The molecule has 0 fully saturated rings. The van der Waals surface area contributed by atoms with Crippen LogP contribution < -0.4 is 0 Å². The van der Waals surface area contributed by atoms with Crippen molar-refractivity contribution in [3.05, 3.63) is 0 Å². The minimum absolute atomic E-state index is 0.666. The van der Waals surface area contributed by atoms with E-state index in [1.807, 2.05) is 6.92 Å². The Morgan fingerprint density at radius 3 is 1.91 bits per heavy atom.